The molecule has 3 heteroatoms. The Kier molecular flexibility index (Phi) is 5.90. The lowest BCUT2D eigenvalue weighted by Crippen LogP contribution is -2.25. The van der Waals surface area contributed by atoms with Gasteiger partial charge in [-0.05, 0) is 31.2 Å². The highest BCUT2D eigenvalue weighted by Gasteiger charge is 1.99. The Hall–Kier alpha value is -1.06. The third-order valence-electron chi connectivity index (χ3n) is 2.70. The summed E-state index contributed by atoms with van der Waals surface area (Å²) >= 11 is 0. The summed E-state index contributed by atoms with van der Waals surface area (Å²) in [5.74, 6) is 0. The molecule has 0 radical (unpaired) electrons. The molecule has 0 amide bonds. The van der Waals surface area contributed by atoms with Gasteiger partial charge in [-0.2, -0.15) is 0 Å². The molecule has 0 bridgehead atoms. The molecule has 0 atom stereocenters. The van der Waals surface area contributed by atoms with Crippen LogP contribution in [0.2, 0.25) is 0 Å². The molecule has 3 nitrogen and oxygen atoms in total. The lowest BCUT2D eigenvalue weighted by Gasteiger charge is -2.15. The maximum atomic E-state index is 5.04. The molecule has 1 aromatic rings. The molecule has 0 spiro atoms. The van der Waals surface area contributed by atoms with Crippen LogP contribution in [0.25, 0.3) is 0 Å². The van der Waals surface area contributed by atoms with Crippen LogP contribution in [0.4, 0.5) is 5.69 Å². The molecule has 0 aliphatic heterocycles. The Morgan fingerprint density at radius 2 is 1.88 bits per heavy atom. The van der Waals surface area contributed by atoms with Gasteiger partial charge in [-0.3, -0.25) is 0 Å². The van der Waals surface area contributed by atoms with Crippen LogP contribution in [0.1, 0.15) is 5.56 Å². The number of anilines is 1. The largest absolute Gasteiger partial charge is 0.388 e. The van der Waals surface area contributed by atoms with Crippen molar-refractivity contribution in [1.29, 1.82) is 0 Å². The zero-order chi connectivity index (χ0) is 11.8. The lowest BCUT2D eigenvalue weighted by molar-refractivity contribution is 0.162. The molecule has 1 aromatic carbocycles. The zero-order valence-corrected chi connectivity index (χ0v) is 10.5. The second-order valence-corrected chi connectivity index (χ2v) is 3.99. The van der Waals surface area contributed by atoms with Crippen LogP contribution in [0.5, 0.6) is 0 Å². The van der Waals surface area contributed by atoms with Gasteiger partial charge in [0.15, 0.2) is 0 Å². The number of nitrogens with one attached hydrogen (secondary N) is 1. The number of hydrogen-bond donors (Lipinski definition) is 1. The van der Waals surface area contributed by atoms with Gasteiger partial charge in [0.1, 0.15) is 0 Å². The van der Waals surface area contributed by atoms with E-state index in [1.54, 1.807) is 7.11 Å². The summed E-state index contributed by atoms with van der Waals surface area (Å²) in [7, 11) is 5.80. The maximum absolute atomic E-state index is 5.04. The molecule has 90 valence electrons. The highest BCUT2D eigenvalue weighted by molar-refractivity contribution is 5.43. The topological polar surface area (TPSA) is 24.5 Å². The number of hydrogen-bond acceptors (Lipinski definition) is 3. The van der Waals surface area contributed by atoms with Crippen LogP contribution in [0.15, 0.2) is 24.3 Å². The second-order valence-electron chi connectivity index (χ2n) is 3.99. The van der Waals surface area contributed by atoms with Crippen molar-refractivity contribution in [3.8, 4) is 0 Å². The van der Waals surface area contributed by atoms with Gasteiger partial charge in [0.05, 0.1) is 6.61 Å². The van der Waals surface area contributed by atoms with Gasteiger partial charge < -0.3 is 15.0 Å². The molecule has 0 unspecified atom stereocenters. The summed E-state index contributed by atoms with van der Waals surface area (Å²) in [6.07, 6.45) is 1.09. The summed E-state index contributed by atoms with van der Waals surface area (Å²) in [4.78, 5) is 2.29. The van der Waals surface area contributed by atoms with Gasteiger partial charge in [0.25, 0.3) is 0 Å². The van der Waals surface area contributed by atoms with Crippen molar-refractivity contribution in [3.05, 3.63) is 29.8 Å². The van der Waals surface area contributed by atoms with E-state index in [0.717, 1.165) is 31.8 Å². The van der Waals surface area contributed by atoms with E-state index in [-0.39, 0.29) is 0 Å². The van der Waals surface area contributed by atoms with E-state index in [0.29, 0.717) is 0 Å². The van der Waals surface area contributed by atoms with Crippen LogP contribution in [-0.4, -0.2) is 45.8 Å². The fourth-order valence-corrected chi connectivity index (χ4v) is 1.52. The molecule has 0 aromatic heterocycles. The number of benzene rings is 1. The molecule has 1 rings (SSSR count). The Bertz CT molecular complexity index is 284. The first-order valence-corrected chi connectivity index (χ1v) is 5.70. The van der Waals surface area contributed by atoms with Crippen LogP contribution < -0.4 is 5.32 Å². The Balaban J connectivity index is 2.30. The van der Waals surface area contributed by atoms with E-state index in [1.807, 2.05) is 7.05 Å². The van der Waals surface area contributed by atoms with Crippen LogP contribution in [0.3, 0.4) is 0 Å². The number of nitrogens with zero attached hydrogens (tertiary/aromatic N) is 1. The fourth-order valence-electron chi connectivity index (χ4n) is 1.52. The number of ether oxygens (including phenoxy) is 1. The van der Waals surface area contributed by atoms with E-state index >= 15 is 0 Å². The summed E-state index contributed by atoms with van der Waals surface area (Å²) in [5, 5.41) is 3.12. The number of likely N-dealkylation sites (N-methyl/N-ethyl adjacent to an activating group) is 1. The van der Waals surface area contributed by atoms with Crippen molar-refractivity contribution >= 4 is 5.69 Å². The zero-order valence-electron chi connectivity index (χ0n) is 10.5. The highest BCUT2D eigenvalue weighted by Crippen LogP contribution is 2.09. The van der Waals surface area contributed by atoms with Crippen molar-refractivity contribution in [1.82, 2.24) is 4.90 Å². The normalized spacial score (nSPS) is 10.8. The Morgan fingerprint density at radius 1 is 1.19 bits per heavy atom. The van der Waals surface area contributed by atoms with Crippen molar-refractivity contribution < 1.29 is 4.74 Å². The van der Waals surface area contributed by atoms with Gasteiger partial charge in [0.2, 0.25) is 0 Å². The smallest absolute Gasteiger partial charge is 0.0589 e. The average molecular weight is 222 g/mol. The molecular formula is C13H22N2O. The molecule has 0 aliphatic carbocycles. The third kappa shape index (κ3) is 4.64. The van der Waals surface area contributed by atoms with Gasteiger partial charge in [-0.25, -0.2) is 0 Å². The van der Waals surface area contributed by atoms with Gasteiger partial charge in [0, 0.05) is 32.9 Å². The minimum absolute atomic E-state index is 0.801. The Labute approximate surface area is 98.4 Å². The minimum Gasteiger partial charge on any atom is -0.388 e. The van der Waals surface area contributed by atoms with Crippen molar-refractivity contribution in [2.45, 2.75) is 6.42 Å². The maximum Gasteiger partial charge on any atom is 0.0589 e. The molecule has 0 heterocycles. The SMILES string of the molecule is CNc1ccc(CCN(C)CCOC)cc1. The molecule has 0 aliphatic rings. The standard InChI is InChI=1S/C13H22N2O/c1-14-13-6-4-12(5-7-13)8-9-15(2)10-11-16-3/h4-7,14H,8-11H2,1-3H3. The van der Waals surface area contributed by atoms with Crippen LogP contribution in [0, 0.1) is 0 Å². The molecular weight excluding hydrogens is 200 g/mol. The van der Waals surface area contributed by atoms with Gasteiger partial charge >= 0.3 is 0 Å². The van der Waals surface area contributed by atoms with Crippen molar-refractivity contribution in [2.24, 2.45) is 0 Å². The molecule has 0 saturated carbocycles. The fraction of sp³-hybridized carbons (Fsp3) is 0.538. The van der Waals surface area contributed by atoms with Crippen LogP contribution >= 0.6 is 0 Å². The quantitative estimate of drug-likeness (QED) is 0.762. The van der Waals surface area contributed by atoms with Crippen molar-refractivity contribution in [2.75, 3.05) is 46.2 Å². The first kappa shape index (κ1) is 13.0. The van der Waals surface area contributed by atoms with Crippen LogP contribution in [-0.2, 0) is 11.2 Å². The van der Waals surface area contributed by atoms with E-state index in [2.05, 4.69) is 41.5 Å². The molecule has 0 fully saturated rings. The predicted molar refractivity (Wildman–Crippen MR) is 69.1 cm³/mol. The van der Waals surface area contributed by atoms with E-state index in [9.17, 15) is 0 Å². The van der Waals surface area contributed by atoms with Gasteiger partial charge in [-0.1, -0.05) is 12.1 Å². The average Bonchev–Trinajstić information content (AvgIpc) is 2.34. The first-order valence-electron chi connectivity index (χ1n) is 5.70. The molecule has 16 heavy (non-hydrogen) atoms. The third-order valence-corrected chi connectivity index (χ3v) is 2.70. The second kappa shape index (κ2) is 7.25. The van der Waals surface area contributed by atoms with E-state index in [1.165, 1.54) is 5.56 Å². The monoisotopic (exact) mass is 222 g/mol. The highest BCUT2D eigenvalue weighted by atomic mass is 16.5. The van der Waals surface area contributed by atoms with Gasteiger partial charge in [-0.15, -0.1) is 0 Å². The van der Waals surface area contributed by atoms with Crippen molar-refractivity contribution in [3.63, 3.8) is 0 Å². The summed E-state index contributed by atoms with van der Waals surface area (Å²) in [6.45, 7) is 2.86. The lowest BCUT2D eigenvalue weighted by atomic mass is 10.1. The summed E-state index contributed by atoms with van der Waals surface area (Å²) in [5.41, 5.74) is 2.54. The molecule has 1 N–H and O–H groups in total. The summed E-state index contributed by atoms with van der Waals surface area (Å²) in [6, 6.07) is 8.58. The Morgan fingerprint density at radius 3 is 2.44 bits per heavy atom. The van der Waals surface area contributed by atoms with E-state index in [4.69, 9.17) is 4.74 Å². The number of methoxy groups -OCH3 is 1. The number of rotatable bonds is 7. The predicted octanol–water partition coefficient (Wildman–Crippen LogP) is 1.85. The molecule has 0 saturated heterocycles. The van der Waals surface area contributed by atoms with E-state index < -0.39 is 0 Å². The first-order chi connectivity index (χ1) is 7.76. The minimum atomic E-state index is 0.801. The summed E-state index contributed by atoms with van der Waals surface area (Å²) < 4.78 is 5.04.